The summed E-state index contributed by atoms with van der Waals surface area (Å²) in [6.45, 7) is 0. The lowest BCUT2D eigenvalue weighted by Gasteiger charge is -2.20. The predicted molar refractivity (Wildman–Crippen MR) is 87.1 cm³/mol. The smallest absolute Gasteiger partial charge is 0.264 e. The monoisotopic (exact) mass is 366 g/mol. The number of nitrogens with one attached hydrogen (secondary N) is 1. The molecule has 4 nitrogen and oxygen atoms in total. The Bertz CT molecular complexity index is 805. The Kier molecular flexibility index (Phi) is 3.55. The van der Waals surface area contributed by atoms with E-state index in [2.05, 4.69) is 21.2 Å². The van der Waals surface area contributed by atoms with Gasteiger partial charge in [-0.05, 0) is 36.4 Å². The molecule has 1 unspecified atom stereocenters. The van der Waals surface area contributed by atoms with Gasteiger partial charge >= 0.3 is 0 Å². The van der Waals surface area contributed by atoms with E-state index in [1.54, 1.807) is 13.1 Å². The molecule has 1 aliphatic heterocycles. The van der Waals surface area contributed by atoms with Crippen LogP contribution in [0.25, 0.3) is 0 Å². The van der Waals surface area contributed by atoms with Crippen molar-refractivity contribution in [2.24, 2.45) is 0 Å². The van der Waals surface area contributed by atoms with Crippen LogP contribution in [0.15, 0.2) is 51.8 Å². The second kappa shape index (κ2) is 5.12. The van der Waals surface area contributed by atoms with Crippen LogP contribution in [0.4, 0.5) is 5.69 Å². The lowest BCUT2D eigenvalue weighted by Crippen LogP contribution is -2.26. The van der Waals surface area contributed by atoms with Crippen molar-refractivity contribution < 1.29 is 8.42 Å². The van der Waals surface area contributed by atoms with Crippen molar-refractivity contribution in [1.82, 2.24) is 5.32 Å². The van der Waals surface area contributed by atoms with Crippen LogP contribution in [-0.2, 0) is 10.0 Å². The number of nitrogens with zero attached hydrogens (tertiary/aromatic N) is 1. The summed E-state index contributed by atoms with van der Waals surface area (Å²) in [7, 11) is -0.140. The van der Waals surface area contributed by atoms with E-state index in [0.29, 0.717) is 10.6 Å². The van der Waals surface area contributed by atoms with Crippen molar-refractivity contribution in [2.45, 2.75) is 10.9 Å². The second-order valence-corrected chi connectivity index (χ2v) is 7.79. The lowest BCUT2D eigenvalue weighted by atomic mass is 9.97. The molecule has 0 saturated heterocycles. The first kappa shape index (κ1) is 14.6. The molecule has 0 radical (unpaired) electrons. The third-order valence-electron chi connectivity index (χ3n) is 3.80. The number of hydrogen-bond acceptors (Lipinski definition) is 3. The first-order valence-electron chi connectivity index (χ1n) is 6.51. The maximum Gasteiger partial charge on any atom is 0.264 e. The van der Waals surface area contributed by atoms with Crippen LogP contribution in [-0.4, -0.2) is 22.5 Å². The molecule has 0 aliphatic carbocycles. The van der Waals surface area contributed by atoms with E-state index in [-0.39, 0.29) is 6.04 Å². The molecule has 0 saturated carbocycles. The van der Waals surface area contributed by atoms with Gasteiger partial charge in [0, 0.05) is 11.5 Å². The Balaban J connectivity index is 2.41. The minimum Gasteiger partial charge on any atom is -0.309 e. The molecular weight excluding hydrogens is 352 g/mol. The fraction of sp³-hybridized carbons (Fsp3) is 0.200. The average Bonchev–Trinajstić information content (AvgIpc) is 2.54. The maximum absolute atomic E-state index is 12.9. The highest BCUT2D eigenvalue weighted by molar-refractivity contribution is 9.10. The van der Waals surface area contributed by atoms with Crippen LogP contribution in [0.3, 0.4) is 0 Å². The molecule has 0 fully saturated rings. The van der Waals surface area contributed by atoms with Crippen molar-refractivity contribution in [3.63, 3.8) is 0 Å². The molecule has 6 heteroatoms. The quantitative estimate of drug-likeness (QED) is 0.843. The Hall–Kier alpha value is -1.37. The van der Waals surface area contributed by atoms with E-state index in [1.165, 1.54) is 4.31 Å². The summed E-state index contributed by atoms with van der Waals surface area (Å²) in [6.07, 6.45) is 0. The lowest BCUT2D eigenvalue weighted by molar-refractivity contribution is 0.592. The summed E-state index contributed by atoms with van der Waals surface area (Å²) in [5.41, 5.74) is 2.41. The van der Waals surface area contributed by atoms with E-state index in [9.17, 15) is 8.42 Å². The molecule has 1 aliphatic rings. The first-order valence-corrected chi connectivity index (χ1v) is 8.74. The standard InChI is InChI=1S/C15H15BrN2O2S/c1-17-15-11-5-3-4-6-13(11)18(2)21(19,20)14-9-10(16)7-8-12(14)15/h3-9,15,17H,1-2H3. The third kappa shape index (κ3) is 2.18. The van der Waals surface area contributed by atoms with Gasteiger partial charge in [0.15, 0.2) is 0 Å². The van der Waals surface area contributed by atoms with Gasteiger partial charge in [0.2, 0.25) is 0 Å². The number of halogens is 1. The number of hydrogen-bond donors (Lipinski definition) is 1. The van der Waals surface area contributed by atoms with E-state index >= 15 is 0 Å². The van der Waals surface area contributed by atoms with Gasteiger partial charge in [-0.15, -0.1) is 0 Å². The fourth-order valence-electron chi connectivity index (χ4n) is 2.74. The Labute approximate surface area is 133 Å². The average molecular weight is 367 g/mol. The highest BCUT2D eigenvalue weighted by atomic mass is 79.9. The Morgan fingerprint density at radius 1 is 1.14 bits per heavy atom. The van der Waals surface area contributed by atoms with Gasteiger partial charge in [-0.2, -0.15) is 0 Å². The minimum atomic E-state index is -3.57. The molecule has 2 aromatic carbocycles. The van der Waals surface area contributed by atoms with Crippen LogP contribution in [0.5, 0.6) is 0 Å². The van der Waals surface area contributed by atoms with Crippen molar-refractivity contribution >= 4 is 31.6 Å². The number of para-hydroxylation sites is 1. The largest absolute Gasteiger partial charge is 0.309 e. The molecule has 0 amide bonds. The van der Waals surface area contributed by atoms with Gasteiger partial charge in [0.05, 0.1) is 16.6 Å². The molecular formula is C15H15BrN2O2S. The summed E-state index contributed by atoms with van der Waals surface area (Å²) in [5.74, 6) is 0. The third-order valence-corrected chi connectivity index (χ3v) is 6.12. The van der Waals surface area contributed by atoms with Crippen LogP contribution in [0, 0.1) is 0 Å². The molecule has 110 valence electrons. The van der Waals surface area contributed by atoms with Gasteiger partial charge in [0.1, 0.15) is 0 Å². The summed E-state index contributed by atoms with van der Waals surface area (Å²) in [6, 6.07) is 12.8. The van der Waals surface area contributed by atoms with Crippen molar-refractivity contribution in [3.05, 3.63) is 58.1 Å². The number of sulfonamides is 1. The van der Waals surface area contributed by atoms with Gasteiger partial charge in [-0.3, -0.25) is 4.31 Å². The molecule has 1 N–H and O–H groups in total. The first-order chi connectivity index (χ1) is 9.96. The zero-order chi connectivity index (χ0) is 15.2. The van der Waals surface area contributed by atoms with Crippen LogP contribution in [0.1, 0.15) is 17.2 Å². The van der Waals surface area contributed by atoms with Gasteiger partial charge in [0.25, 0.3) is 10.0 Å². The van der Waals surface area contributed by atoms with E-state index in [1.807, 2.05) is 43.4 Å². The molecule has 2 aromatic rings. The van der Waals surface area contributed by atoms with Crippen LogP contribution >= 0.6 is 15.9 Å². The summed E-state index contributed by atoms with van der Waals surface area (Å²) < 4.78 is 27.9. The molecule has 1 atom stereocenters. The fourth-order valence-corrected chi connectivity index (χ4v) is 4.74. The predicted octanol–water partition coefficient (Wildman–Crippen LogP) is 2.90. The van der Waals surface area contributed by atoms with Gasteiger partial charge < -0.3 is 5.32 Å². The molecule has 0 spiro atoms. The Morgan fingerprint density at radius 3 is 2.57 bits per heavy atom. The van der Waals surface area contributed by atoms with E-state index in [4.69, 9.17) is 0 Å². The number of rotatable bonds is 1. The van der Waals surface area contributed by atoms with Crippen LogP contribution in [0.2, 0.25) is 0 Å². The molecule has 3 rings (SSSR count). The van der Waals surface area contributed by atoms with Crippen LogP contribution < -0.4 is 9.62 Å². The molecule has 1 heterocycles. The second-order valence-electron chi connectivity index (χ2n) is 4.94. The van der Waals surface area contributed by atoms with E-state index < -0.39 is 10.0 Å². The number of fused-ring (bicyclic) bond motifs is 2. The molecule has 21 heavy (non-hydrogen) atoms. The summed E-state index contributed by atoms with van der Waals surface area (Å²) >= 11 is 3.36. The highest BCUT2D eigenvalue weighted by Crippen LogP contribution is 2.40. The zero-order valence-electron chi connectivity index (χ0n) is 11.7. The van der Waals surface area contributed by atoms with Crippen molar-refractivity contribution in [3.8, 4) is 0 Å². The maximum atomic E-state index is 12.9. The number of benzene rings is 2. The van der Waals surface area contributed by atoms with Gasteiger partial charge in [-0.1, -0.05) is 40.2 Å². The van der Waals surface area contributed by atoms with Crippen molar-refractivity contribution in [2.75, 3.05) is 18.4 Å². The molecule has 0 aromatic heterocycles. The van der Waals surface area contributed by atoms with Gasteiger partial charge in [-0.25, -0.2) is 8.42 Å². The normalized spacial score (nSPS) is 19.6. The van der Waals surface area contributed by atoms with E-state index in [0.717, 1.165) is 15.6 Å². The summed E-state index contributed by atoms with van der Waals surface area (Å²) in [4.78, 5) is 0.329. The molecule has 0 bridgehead atoms. The minimum absolute atomic E-state index is 0.163. The van der Waals surface area contributed by atoms with Crippen molar-refractivity contribution in [1.29, 1.82) is 0 Å². The topological polar surface area (TPSA) is 49.4 Å². The highest BCUT2D eigenvalue weighted by Gasteiger charge is 2.34. The zero-order valence-corrected chi connectivity index (χ0v) is 14.1. The SMILES string of the molecule is CNC1c2ccccc2N(C)S(=O)(=O)c2cc(Br)ccc21. The number of anilines is 1. The Morgan fingerprint density at radius 2 is 1.86 bits per heavy atom. The summed E-state index contributed by atoms with van der Waals surface area (Å²) in [5, 5.41) is 3.23.